The second-order valence-corrected chi connectivity index (χ2v) is 13.6. The van der Waals surface area contributed by atoms with Gasteiger partial charge in [0, 0.05) is 42.0 Å². The Morgan fingerprint density at radius 2 is 1.77 bits per heavy atom. The van der Waals surface area contributed by atoms with Crippen molar-refractivity contribution in [3.05, 3.63) is 114 Å². The van der Waals surface area contributed by atoms with Crippen LogP contribution in [0.15, 0.2) is 67.0 Å². The fraction of sp³-hybridized carbons (Fsp3) is 0.343. The molecule has 0 bridgehead atoms. The number of methoxy groups -OCH3 is 2. The Kier molecular flexibility index (Phi) is 11.8. The monoisotopic (exact) mass is 713 g/mol. The van der Waals surface area contributed by atoms with Crippen molar-refractivity contribution in [3.8, 4) is 11.5 Å². The van der Waals surface area contributed by atoms with Crippen LogP contribution in [0.3, 0.4) is 0 Å². The van der Waals surface area contributed by atoms with Gasteiger partial charge in [-0.3, -0.25) is 4.79 Å². The number of thiophene rings is 1. The van der Waals surface area contributed by atoms with Gasteiger partial charge in [-0.1, -0.05) is 59.6 Å². The first-order valence-corrected chi connectivity index (χ1v) is 16.9. The molecule has 2 aromatic carbocycles. The van der Waals surface area contributed by atoms with Crippen LogP contribution in [0, 0.1) is 5.21 Å². The van der Waals surface area contributed by atoms with Crippen molar-refractivity contribution in [1.29, 1.82) is 0 Å². The summed E-state index contributed by atoms with van der Waals surface area (Å²) in [5.74, 6) is -0.929. The van der Waals surface area contributed by atoms with Gasteiger partial charge in [0.05, 0.1) is 20.6 Å². The van der Waals surface area contributed by atoms with E-state index in [4.69, 9.17) is 37.4 Å². The van der Waals surface area contributed by atoms with Crippen LogP contribution in [-0.4, -0.2) is 62.4 Å². The van der Waals surface area contributed by atoms with Gasteiger partial charge in [-0.2, -0.15) is 4.73 Å². The number of aromatic carboxylic acids is 1. The Morgan fingerprint density at radius 1 is 1.06 bits per heavy atom. The average Bonchev–Trinajstić information content (AvgIpc) is 3.68. The van der Waals surface area contributed by atoms with Crippen molar-refractivity contribution in [2.24, 2.45) is 0 Å². The molecule has 5 rings (SSSR count). The van der Waals surface area contributed by atoms with Gasteiger partial charge in [-0.15, -0.1) is 11.3 Å². The molecule has 1 saturated heterocycles. The maximum Gasteiger partial charge on any atom is 0.346 e. The molecular weight excluding hydrogens is 677 g/mol. The minimum absolute atomic E-state index is 0.118. The molecule has 48 heavy (non-hydrogen) atoms. The normalized spacial score (nSPS) is 16.0. The minimum atomic E-state index is -1.08. The third-order valence-electron chi connectivity index (χ3n) is 8.40. The molecule has 2 aromatic heterocycles. The van der Waals surface area contributed by atoms with Crippen molar-refractivity contribution < 1.29 is 33.6 Å². The highest BCUT2D eigenvalue weighted by Crippen LogP contribution is 2.41. The topological polar surface area (TPSA) is 124 Å². The Morgan fingerprint density at radius 3 is 2.40 bits per heavy atom. The molecule has 0 aliphatic carbocycles. The number of carboxylic acids is 1. The zero-order valence-corrected chi connectivity index (χ0v) is 29.1. The molecule has 3 heterocycles. The minimum Gasteiger partial charge on any atom is -0.619 e. The van der Waals surface area contributed by atoms with E-state index in [0.29, 0.717) is 40.4 Å². The van der Waals surface area contributed by atoms with E-state index < -0.39 is 11.9 Å². The van der Waals surface area contributed by atoms with Gasteiger partial charge < -0.3 is 34.7 Å². The number of benzene rings is 2. The van der Waals surface area contributed by atoms with Gasteiger partial charge in [0.25, 0.3) is 0 Å². The molecule has 4 aromatic rings. The first kappa shape index (κ1) is 35.4. The highest BCUT2D eigenvalue weighted by Gasteiger charge is 2.29. The first-order chi connectivity index (χ1) is 23.1. The van der Waals surface area contributed by atoms with Crippen LogP contribution in [0.1, 0.15) is 61.6 Å². The van der Waals surface area contributed by atoms with Crippen LogP contribution in [0.25, 0.3) is 0 Å². The molecule has 1 unspecified atom stereocenters. The summed E-state index contributed by atoms with van der Waals surface area (Å²) in [5, 5.41) is 26.2. The Labute approximate surface area is 293 Å². The quantitative estimate of drug-likeness (QED) is 0.0887. The van der Waals surface area contributed by atoms with Crippen molar-refractivity contribution in [3.63, 3.8) is 0 Å². The molecule has 1 aliphatic heterocycles. The summed E-state index contributed by atoms with van der Waals surface area (Å²) >= 11 is 14.1. The Bertz CT molecular complexity index is 1730. The van der Waals surface area contributed by atoms with Crippen LogP contribution in [0.5, 0.6) is 11.5 Å². The fourth-order valence-electron chi connectivity index (χ4n) is 5.99. The number of hydrogen-bond donors (Lipinski definition) is 2. The van der Waals surface area contributed by atoms with Crippen LogP contribution >= 0.6 is 34.5 Å². The van der Waals surface area contributed by atoms with E-state index in [0.717, 1.165) is 40.3 Å². The van der Waals surface area contributed by atoms with E-state index in [2.05, 4.69) is 10.2 Å². The van der Waals surface area contributed by atoms with Crippen LogP contribution < -0.4 is 19.5 Å². The van der Waals surface area contributed by atoms with Gasteiger partial charge in [-0.05, 0) is 54.8 Å². The number of pyridine rings is 1. The summed E-state index contributed by atoms with van der Waals surface area (Å²) < 4.78 is 17.3. The van der Waals surface area contributed by atoms with Crippen LogP contribution in [0.2, 0.25) is 10.0 Å². The molecular formula is C35H37Cl2N3O7S. The lowest BCUT2D eigenvalue weighted by Crippen LogP contribution is -2.27. The molecule has 2 N–H and O–H groups in total. The molecule has 0 radical (unpaired) electrons. The summed E-state index contributed by atoms with van der Waals surface area (Å²) in [6.07, 6.45) is 3.43. The number of carboxylic acid groups (broad SMARTS) is 1. The van der Waals surface area contributed by atoms with E-state index >= 15 is 0 Å². The molecule has 254 valence electrons. The number of nitrogens with zero attached hydrogens (tertiary/aromatic N) is 2. The number of carbonyl (C=O) groups is 2. The fourth-order valence-corrected chi connectivity index (χ4v) is 7.60. The van der Waals surface area contributed by atoms with E-state index in [-0.39, 0.29) is 45.9 Å². The molecule has 10 nitrogen and oxygen atoms in total. The Balaban J connectivity index is 1.47. The zero-order chi connectivity index (χ0) is 34.4. The summed E-state index contributed by atoms with van der Waals surface area (Å²) in [6.45, 7) is 1.89. The SMILES string of the molecule is COc1ccc([C@H](Cc2c(Cl)c[n+]([O-])cc2Cl)c2cc(CNC(CC(=O)O[C@@H]3CCN(C)C3)c3ccccc3)sc2C(=O)O)cc1OC. The number of likely N-dealkylation sites (tertiary alicyclic amines) is 1. The predicted octanol–water partition coefficient (Wildman–Crippen LogP) is 6.25. The number of nitrogens with one attached hydrogen (secondary N) is 1. The van der Waals surface area contributed by atoms with Gasteiger partial charge in [0.1, 0.15) is 21.0 Å². The molecule has 0 saturated carbocycles. The van der Waals surface area contributed by atoms with Gasteiger partial charge in [0.2, 0.25) is 0 Å². The lowest BCUT2D eigenvalue weighted by Gasteiger charge is -2.21. The largest absolute Gasteiger partial charge is 0.619 e. The number of carbonyl (C=O) groups excluding carboxylic acids is 1. The van der Waals surface area contributed by atoms with Gasteiger partial charge in [-0.25, -0.2) is 4.79 Å². The van der Waals surface area contributed by atoms with E-state index in [9.17, 15) is 19.9 Å². The number of aromatic nitrogens is 1. The number of hydrogen-bond acceptors (Lipinski definition) is 9. The van der Waals surface area contributed by atoms with Crippen molar-refractivity contribution in [1.82, 2.24) is 10.2 Å². The highest BCUT2D eigenvalue weighted by atomic mass is 35.5. The molecule has 0 spiro atoms. The first-order valence-electron chi connectivity index (χ1n) is 15.4. The van der Waals surface area contributed by atoms with Crippen molar-refractivity contribution in [2.75, 3.05) is 34.4 Å². The number of likely N-dealkylation sites (N-methyl/N-ethyl adjacent to an activating group) is 1. The third kappa shape index (κ3) is 8.58. The van der Waals surface area contributed by atoms with Crippen molar-refractivity contribution in [2.45, 2.75) is 43.9 Å². The molecule has 3 atom stereocenters. The lowest BCUT2D eigenvalue weighted by atomic mass is 9.85. The van der Waals surface area contributed by atoms with E-state index in [1.54, 1.807) is 12.1 Å². The third-order valence-corrected chi connectivity index (χ3v) is 10.2. The maximum absolute atomic E-state index is 13.0. The Hall–Kier alpha value is -3.87. The number of halogens is 2. The molecule has 13 heteroatoms. The second kappa shape index (κ2) is 16.0. The summed E-state index contributed by atoms with van der Waals surface area (Å²) in [4.78, 5) is 28.8. The van der Waals surface area contributed by atoms with Crippen molar-refractivity contribution >= 4 is 46.5 Å². The maximum atomic E-state index is 13.0. The average molecular weight is 715 g/mol. The summed E-state index contributed by atoms with van der Waals surface area (Å²) in [6, 6.07) is 16.5. The highest BCUT2D eigenvalue weighted by molar-refractivity contribution is 7.14. The smallest absolute Gasteiger partial charge is 0.346 e. The number of ether oxygens (including phenoxy) is 3. The molecule has 1 fully saturated rings. The predicted molar refractivity (Wildman–Crippen MR) is 184 cm³/mol. The standard InChI is InChI=1S/C35H37Cl2N3O7S/c1-39-12-11-23(18-39)47-33(41)16-30(21-7-5-4-6-8-21)38-17-24-14-26(34(48-24)35(42)43)25(15-27-28(36)19-40(44)20-29(27)37)22-9-10-31(45-2)32(13-22)46-3/h4-10,13-14,19-20,23,25,30,38H,11-12,15-18H2,1-3H3,(H,42,43)/t23-,25+,30?/m1/s1. The van der Waals surface area contributed by atoms with Crippen LogP contribution in [0.4, 0.5) is 0 Å². The van der Waals surface area contributed by atoms with Gasteiger partial charge in [0.15, 0.2) is 23.9 Å². The number of rotatable bonds is 14. The molecule has 1 aliphatic rings. The van der Waals surface area contributed by atoms with Gasteiger partial charge >= 0.3 is 11.9 Å². The van der Waals surface area contributed by atoms with Crippen LogP contribution in [-0.2, 0) is 22.5 Å². The summed E-state index contributed by atoms with van der Waals surface area (Å²) in [5.41, 5.74) is 2.70. The second-order valence-electron chi connectivity index (χ2n) is 11.7. The summed E-state index contributed by atoms with van der Waals surface area (Å²) in [7, 11) is 5.06. The van der Waals surface area contributed by atoms with E-state index in [1.165, 1.54) is 26.6 Å². The zero-order valence-electron chi connectivity index (χ0n) is 26.8. The lowest BCUT2D eigenvalue weighted by molar-refractivity contribution is -0.605. The number of esters is 1. The van der Waals surface area contributed by atoms with E-state index in [1.807, 2.05) is 49.5 Å². The molecule has 0 amide bonds.